The number of hydrogen-bond donors (Lipinski definition) is 1. The molecule has 0 aliphatic carbocycles. The zero-order valence-electron chi connectivity index (χ0n) is 9.85. The van der Waals surface area contributed by atoms with E-state index in [9.17, 15) is 4.79 Å². The Balaban J connectivity index is 2.18. The lowest BCUT2D eigenvalue weighted by atomic mass is 10.3. The minimum Gasteiger partial charge on any atom is -0.322 e. The highest BCUT2D eigenvalue weighted by Gasteiger charge is 2.13. The van der Waals surface area contributed by atoms with E-state index in [2.05, 4.69) is 15.3 Å². The summed E-state index contributed by atoms with van der Waals surface area (Å²) < 4.78 is 0. The van der Waals surface area contributed by atoms with Gasteiger partial charge in [-0.15, -0.1) is 0 Å². The first-order valence-corrected chi connectivity index (χ1v) is 7.21. The predicted octanol–water partition coefficient (Wildman–Crippen LogP) is 3.76. The average Bonchev–Trinajstić information content (AvgIpc) is 2.41. The molecule has 1 aromatic carbocycles. The first kappa shape index (κ1) is 14.1. The van der Waals surface area contributed by atoms with Crippen LogP contribution in [0.15, 0.2) is 35.6 Å². The lowest BCUT2D eigenvalue weighted by Crippen LogP contribution is -2.13. The summed E-state index contributed by atoms with van der Waals surface area (Å²) in [5.74, 6) is -0.361. The standard InChI is InChI=1S/C12H9Cl2N3OS/c1-19-12-15-6-9(10(14)17-12)11(18)16-8-4-2-7(13)3-5-8/h2-6H,1H3,(H,16,18). The van der Waals surface area contributed by atoms with Gasteiger partial charge in [0.25, 0.3) is 5.91 Å². The summed E-state index contributed by atoms with van der Waals surface area (Å²) in [6.07, 6.45) is 3.24. The molecular formula is C12H9Cl2N3OS. The average molecular weight is 314 g/mol. The van der Waals surface area contributed by atoms with Crippen molar-refractivity contribution in [2.75, 3.05) is 11.6 Å². The Labute approximate surface area is 124 Å². The third kappa shape index (κ3) is 3.59. The summed E-state index contributed by atoms with van der Waals surface area (Å²) in [6.45, 7) is 0. The third-order valence-corrected chi connectivity index (χ3v) is 3.35. The highest BCUT2D eigenvalue weighted by molar-refractivity contribution is 7.98. The van der Waals surface area contributed by atoms with Crippen molar-refractivity contribution in [2.24, 2.45) is 0 Å². The van der Waals surface area contributed by atoms with Crippen LogP contribution in [0.25, 0.3) is 0 Å². The molecule has 19 heavy (non-hydrogen) atoms. The second-order valence-electron chi connectivity index (χ2n) is 3.52. The number of carbonyl (C=O) groups is 1. The fourth-order valence-electron chi connectivity index (χ4n) is 1.33. The molecule has 1 N–H and O–H groups in total. The van der Waals surface area contributed by atoms with Gasteiger partial charge in [-0.1, -0.05) is 35.0 Å². The highest BCUT2D eigenvalue weighted by Crippen LogP contribution is 2.19. The summed E-state index contributed by atoms with van der Waals surface area (Å²) >= 11 is 13.1. The molecule has 0 fully saturated rings. The summed E-state index contributed by atoms with van der Waals surface area (Å²) in [5.41, 5.74) is 0.855. The molecule has 0 spiro atoms. The Morgan fingerprint density at radius 3 is 2.53 bits per heavy atom. The van der Waals surface area contributed by atoms with Crippen molar-refractivity contribution in [3.05, 3.63) is 46.2 Å². The number of rotatable bonds is 3. The van der Waals surface area contributed by atoms with Crippen LogP contribution in [0, 0.1) is 0 Å². The Kier molecular flexibility index (Phi) is 4.63. The molecule has 0 saturated heterocycles. The molecule has 1 heterocycles. The van der Waals surface area contributed by atoms with Crippen LogP contribution in [0.4, 0.5) is 5.69 Å². The Morgan fingerprint density at radius 1 is 1.26 bits per heavy atom. The quantitative estimate of drug-likeness (QED) is 0.532. The van der Waals surface area contributed by atoms with E-state index in [0.717, 1.165) is 0 Å². The second kappa shape index (κ2) is 6.23. The first-order chi connectivity index (χ1) is 9.10. The number of amides is 1. The normalized spacial score (nSPS) is 10.3. The number of benzene rings is 1. The Bertz CT molecular complexity index is 604. The molecule has 1 amide bonds. The van der Waals surface area contributed by atoms with Gasteiger partial charge in [-0.3, -0.25) is 4.79 Å². The Morgan fingerprint density at radius 2 is 1.95 bits per heavy atom. The molecule has 98 valence electrons. The van der Waals surface area contributed by atoms with Gasteiger partial charge in [0.2, 0.25) is 0 Å². The van der Waals surface area contributed by atoms with Crippen LogP contribution in [0.2, 0.25) is 10.2 Å². The van der Waals surface area contributed by atoms with E-state index < -0.39 is 0 Å². The van der Waals surface area contributed by atoms with Crippen LogP contribution >= 0.6 is 35.0 Å². The zero-order chi connectivity index (χ0) is 13.8. The van der Waals surface area contributed by atoms with Crippen LogP contribution in [-0.2, 0) is 0 Å². The van der Waals surface area contributed by atoms with Crippen LogP contribution in [0.1, 0.15) is 10.4 Å². The van der Waals surface area contributed by atoms with Gasteiger partial charge in [-0.25, -0.2) is 9.97 Å². The van der Waals surface area contributed by atoms with Crippen LogP contribution < -0.4 is 5.32 Å². The predicted molar refractivity (Wildman–Crippen MR) is 78.2 cm³/mol. The minimum atomic E-state index is -0.361. The molecule has 0 saturated carbocycles. The number of aromatic nitrogens is 2. The SMILES string of the molecule is CSc1ncc(C(=O)Nc2ccc(Cl)cc2)c(Cl)n1. The van der Waals surface area contributed by atoms with Crippen molar-refractivity contribution in [1.29, 1.82) is 0 Å². The highest BCUT2D eigenvalue weighted by atomic mass is 35.5. The van der Waals surface area contributed by atoms with Crippen molar-refractivity contribution in [2.45, 2.75) is 5.16 Å². The summed E-state index contributed by atoms with van der Waals surface area (Å²) in [4.78, 5) is 20.0. The van der Waals surface area contributed by atoms with E-state index in [4.69, 9.17) is 23.2 Å². The van der Waals surface area contributed by atoms with Gasteiger partial charge in [0.05, 0.1) is 5.56 Å². The van der Waals surface area contributed by atoms with E-state index in [1.165, 1.54) is 18.0 Å². The van der Waals surface area contributed by atoms with Gasteiger partial charge in [0, 0.05) is 16.9 Å². The van der Waals surface area contributed by atoms with E-state index in [1.807, 2.05) is 6.26 Å². The summed E-state index contributed by atoms with van der Waals surface area (Å²) in [5, 5.41) is 3.95. The zero-order valence-corrected chi connectivity index (χ0v) is 12.2. The maximum Gasteiger partial charge on any atom is 0.260 e. The topological polar surface area (TPSA) is 54.9 Å². The fraction of sp³-hybridized carbons (Fsp3) is 0.0833. The fourth-order valence-corrected chi connectivity index (χ4v) is 2.06. The maximum absolute atomic E-state index is 12.0. The van der Waals surface area contributed by atoms with Crippen molar-refractivity contribution in [1.82, 2.24) is 9.97 Å². The number of halogens is 2. The van der Waals surface area contributed by atoms with Crippen molar-refractivity contribution < 1.29 is 4.79 Å². The molecule has 2 aromatic rings. The number of thioether (sulfide) groups is 1. The summed E-state index contributed by atoms with van der Waals surface area (Å²) in [7, 11) is 0. The van der Waals surface area contributed by atoms with Gasteiger partial charge in [0.1, 0.15) is 5.15 Å². The lowest BCUT2D eigenvalue weighted by Gasteiger charge is -2.06. The van der Waals surface area contributed by atoms with Crippen molar-refractivity contribution >= 4 is 46.6 Å². The molecular weight excluding hydrogens is 305 g/mol. The molecule has 2 rings (SSSR count). The molecule has 7 heteroatoms. The number of hydrogen-bond acceptors (Lipinski definition) is 4. The molecule has 0 radical (unpaired) electrons. The lowest BCUT2D eigenvalue weighted by molar-refractivity contribution is 0.102. The maximum atomic E-state index is 12.0. The van der Waals surface area contributed by atoms with Gasteiger partial charge in [0.15, 0.2) is 5.16 Å². The number of nitrogens with one attached hydrogen (secondary N) is 1. The van der Waals surface area contributed by atoms with E-state index in [1.54, 1.807) is 24.3 Å². The van der Waals surface area contributed by atoms with Crippen LogP contribution in [0.5, 0.6) is 0 Å². The van der Waals surface area contributed by atoms with Gasteiger partial charge in [-0.2, -0.15) is 0 Å². The van der Waals surface area contributed by atoms with Gasteiger partial charge >= 0.3 is 0 Å². The minimum absolute atomic E-state index is 0.130. The molecule has 0 bridgehead atoms. The molecule has 0 aliphatic rings. The molecule has 4 nitrogen and oxygen atoms in total. The second-order valence-corrected chi connectivity index (χ2v) is 5.09. The molecule has 1 aromatic heterocycles. The van der Waals surface area contributed by atoms with Crippen molar-refractivity contribution in [3.63, 3.8) is 0 Å². The van der Waals surface area contributed by atoms with Gasteiger partial charge < -0.3 is 5.32 Å². The number of carbonyl (C=O) groups excluding carboxylic acids is 1. The first-order valence-electron chi connectivity index (χ1n) is 5.23. The smallest absolute Gasteiger partial charge is 0.260 e. The third-order valence-electron chi connectivity index (χ3n) is 2.25. The molecule has 0 atom stereocenters. The number of anilines is 1. The largest absolute Gasteiger partial charge is 0.322 e. The van der Waals surface area contributed by atoms with Gasteiger partial charge in [-0.05, 0) is 30.5 Å². The van der Waals surface area contributed by atoms with Crippen LogP contribution in [-0.4, -0.2) is 22.1 Å². The molecule has 0 aliphatic heterocycles. The number of nitrogens with zero attached hydrogens (tertiary/aromatic N) is 2. The Hall–Kier alpha value is -1.30. The molecule has 0 unspecified atom stereocenters. The van der Waals surface area contributed by atoms with E-state index in [-0.39, 0.29) is 16.6 Å². The van der Waals surface area contributed by atoms with Crippen molar-refractivity contribution in [3.8, 4) is 0 Å². The monoisotopic (exact) mass is 313 g/mol. The van der Waals surface area contributed by atoms with E-state index in [0.29, 0.717) is 15.9 Å². The van der Waals surface area contributed by atoms with E-state index >= 15 is 0 Å². The van der Waals surface area contributed by atoms with Crippen LogP contribution in [0.3, 0.4) is 0 Å². The summed E-state index contributed by atoms with van der Waals surface area (Å²) in [6, 6.07) is 6.77.